The number of thiazole rings is 1. The molecule has 0 bridgehead atoms. The number of ether oxygens (including phenoxy) is 6. The molecule has 0 radical (unpaired) electrons. The number of hydrogen-bond donors (Lipinski definition) is 18. The van der Waals surface area contributed by atoms with Crippen molar-refractivity contribution in [2.45, 2.75) is 187 Å². The Bertz CT molecular complexity index is 2640. The normalized spacial score (nSPS) is 33.4. The molecule has 3 saturated heterocycles. The monoisotopic (exact) mass is 1190 g/mol. The zero-order valence-corrected chi connectivity index (χ0v) is 46.2. The van der Waals surface area contributed by atoms with Crippen LogP contribution in [-0.2, 0) is 65.4 Å². The number of rotatable bonds is 26. The van der Waals surface area contributed by atoms with Crippen molar-refractivity contribution in [3.05, 3.63) is 41.5 Å². The third-order valence-corrected chi connectivity index (χ3v) is 15.4. The number of nitrogens with two attached hydrogens (primary N) is 8. The highest BCUT2D eigenvalue weighted by Gasteiger charge is 2.55. The van der Waals surface area contributed by atoms with Gasteiger partial charge >= 0.3 is 0 Å². The molecule has 7 rings (SSSR count). The van der Waals surface area contributed by atoms with Crippen molar-refractivity contribution in [1.29, 1.82) is 0 Å². The Hall–Kier alpha value is -5.42. The van der Waals surface area contributed by atoms with E-state index in [-0.39, 0.29) is 56.9 Å². The van der Waals surface area contributed by atoms with Gasteiger partial charge in [0.05, 0.1) is 36.1 Å². The summed E-state index contributed by atoms with van der Waals surface area (Å²) in [5.74, 6) is -3.21. The largest absolute Gasteiger partial charge is 0.389 e. The maximum Gasteiger partial charge on any atom is 0.243 e. The van der Waals surface area contributed by atoms with Crippen LogP contribution in [0.5, 0.6) is 0 Å². The van der Waals surface area contributed by atoms with Crippen LogP contribution in [0.4, 0.5) is 10.8 Å². The summed E-state index contributed by atoms with van der Waals surface area (Å²) in [7, 11) is 0. The number of nitrogens with one attached hydrogen (secondary N) is 4. The third kappa shape index (κ3) is 16.5. The predicted octanol–water partition coefficient (Wildman–Crippen LogP) is -7.97. The Morgan fingerprint density at radius 2 is 1.36 bits per heavy atom. The number of hydrogen-bond acceptors (Lipinski definition) is 28. The number of carbonyl (C=O) groups excluding carboxylic acids is 5. The molecule has 4 fully saturated rings. The van der Waals surface area contributed by atoms with Crippen molar-refractivity contribution in [1.82, 2.24) is 30.6 Å². The zero-order valence-electron chi connectivity index (χ0n) is 45.4. The van der Waals surface area contributed by atoms with E-state index >= 15 is 0 Å². The molecule has 3 aliphatic heterocycles. The minimum absolute atomic E-state index is 0.0101. The second-order valence-corrected chi connectivity index (χ2v) is 21.8. The smallest absolute Gasteiger partial charge is 0.243 e. The van der Waals surface area contributed by atoms with Gasteiger partial charge in [0.1, 0.15) is 79.2 Å². The number of aliphatic hydroxyl groups excluding tert-OH is 6. The number of unbranched alkanes of at least 4 members (excludes halogenated alkanes) is 1. The van der Waals surface area contributed by atoms with Crippen molar-refractivity contribution in [2.75, 3.05) is 30.3 Å². The molecule has 26 N–H and O–H groups in total. The second kappa shape index (κ2) is 29.6. The molecule has 1 saturated carbocycles. The number of carbonyl (C=O) groups is 5. The van der Waals surface area contributed by atoms with Crippen LogP contribution >= 0.6 is 11.3 Å². The van der Waals surface area contributed by atoms with Gasteiger partial charge in [-0.25, -0.2) is 9.67 Å². The Morgan fingerprint density at radius 1 is 0.735 bits per heavy atom. The average molecular weight is 1200 g/mol. The molecule has 4 aliphatic rings. The summed E-state index contributed by atoms with van der Waals surface area (Å²) in [4.78, 5) is 69.2. The maximum atomic E-state index is 14.0. The van der Waals surface area contributed by atoms with Crippen LogP contribution in [0.2, 0.25) is 0 Å². The molecule has 0 unspecified atom stereocenters. The lowest BCUT2D eigenvalue weighted by atomic mass is 9.84. The summed E-state index contributed by atoms with van der Waals surface area (Å²) in [6.07, 6.45) is -20.6. The van der Waals surface area contributed by atoms with Crippen LogP contribution in [0.15, 0.2) is 35.8 Å². The van der Waals surface area contributed by atoms with E-state index in [9.17, 15) is 54.6 Å². The van der Waals surface area contributed by atoms with Crippen molar-refractivity contribution >= 4 is 51.7 Å². The van der Waals surface area contributed by atoms with E-state index in [0.29, 0.717) is 41.5 Å². The number of nitrogens with zero attached hydrogens (tertiary/aromatic N) is 4. The number of primary amides is 1. The van der Waals surface area contributed by atoms with Gasteiger partial charge in [-0.15, -0.1) is 16.4 Å². The molecular weight excluding hydrogens is 1120 g/mol. The number of aromatic nitrogens is 4. The molecule has 3 aromatic rings. The van der Waals surface area contributed by atoms with Gasteiger partial charge < -0.3 is 126 Å². The topological polar surface area (TPSA) is 562 Å². The van der Waals surface area contributed by atoms with Crippen LogP contribution in [0, 0.1) is 0 Å². The average Bonchev–Trinajstić information content (AvgIpc) is 3.95. The van der Waals surface area contributed by atoms with Gasteiger partial charge in [0.2, 0.25) is 29.5 Å². The Labute approximate surface area is 479 Å². The summed E-state index contributed by atoms with van der Waals surface area (Å²) < 4.78 is 37.9. The molecule has 1 aliphatic carbocycles. The second-order valence-electron chi connectivity index (χ2n) is 20.9. The van der Waals surface area contributed by atoms with Crippen LogP contribution in [-0.4, -0.2) is 228 Å². The highest BCUT2D eigenvalue weighted by molar-refractivity contribution is 7.14. The minimum Gasteiger partial charge on any atom is -0.389 e. The number of benzene rings is 1. The first kappa shape index (κ1) is 65.1. The van der Waals surface area contributed by atoms with Crippen LogP contribution in [0.3, 0.4) is 0 Å². The highest BCUT2D eigenvalue weighted by Crippen LogP contribution is 2.35. The standard InChI is InChI=1S/C49H78N16O17S/c1-19(66)58-49-62-27(18-83-49)20-5-4-6-21(11-20)59-31(67)8-9-32(68)60-26(45(76)61-25(44(57)75)7-2-3-10-50)12-22-16-65(64-63-22)17-30-42(81-47-34(56)39(73)37(71)29(15-52)78-47)40(74)48(79-30)82-43-35(69)23(53)13-24(54)41(43)80-46-33(55)38(72)36(70)28(14-51)77-46/h4-6,11,16,18,23-26,28-30,33-43,46-48,69-74H,2-3,7-10,12-15,17,50-56H2,1H3,(H2,57,75)(H,59,67)(H,60,68)(H,61,76)(H,58,62,66)/t23-,24+,25+,26+,28-,29+,30-,33-,34-,35+,36-,37-,38-,39-,40-,41-,42-,43-,46-,47-,48+/m1/s1. The van der Waals surface area contributed by atoms with Crippen molar-refractivity contribution in [3.63, 3.8) is 0 Å². The molecule has 2 aromatic heterocycles. The molecule has 83 heavy (non-hydrogen) atoms. The molecule has 21 atom stereocenters. The van der Waals surface area contributed by atoms with Crippen molar-refractivity contribution in [3.8, 4) is 11.3 Å². The molecule has 33 nitrogen and oxygen atoms in total. The molecule has 0 spiro atoms. The fourth-order valence-corrected chi connectivity index (χ4v) is 10.8. The number of amides is 5. The first-order chi connectivity index (χ1) is 39.5. The molecule has 5 heterocycles. The lowest BCUT2D eigenvalue weighted by molar-refractivity contribution is -0.306. The van der Waals surface area contributed by atoms with E-state index < -0.39 is 158 Å². The summed E-state index contributed by atoms with van der Waals surface area (Å²) in [5, 5.41) is 87.3. The minimum atomic E-state index is -1.79. The first-order valence-electron chi connectivity index (χ1n) is 27.1. The van der Waals surface area contributed by atoms with E-state index in [2.05, 4.69) is 36.6 Å². The summed E-state index contributed by atoms with van der Waals surface area (Å²) in [6, 6.07) is -0.533. The van der Waals surface area contributed by atoms with Gasteiger partial charge in [0.15, 0.2) is 24.0 Å². The van der Waals surface area contributed by atoms with Crippen molar-refractivity contribution in [2.24, 2.45) is 45.9 Å². The summed E-state index contributed by atoms with van der Waals surface area (Å²) >= 11 is 1.23. The van der Waals surface area contributed by atoms with Crippen LogP contribution in [0.25, 0.3) is 11.3 Å². The van der Waals surface area contributed by atoms with Gasteiger partial charge in [-0.2, -0.15) is 0 Å². The van der Waals surface area contributed by atoms with E-state index in [4.69, 9.17) is 74.3 Å². The SMILES string of the molecule is CC(=O)Nc1nc(-c2cccc(NC(=O)CCC(=O)N[C@@H](Cc3cn(C[C@H]4O[C@@H](O[C@@H]5[C@@H](O)[C@H](N)C[C@H](N)[C@H]5O[C@H]5O[C@H](CN)[C@@H](O)[C@H](O)[C@H]5N)[C@H](O)[C@@H]4O[C@H]4O[C@@H](CN)[C@@H](O)[C@H](O)[C@H]4N)nn3)C(=O)N[C@@H](CCCCN)C(N)=O)c2)cs1. The Balaban J connectivity index is 1.08. The quantitative estimate of drug-likeness (QED) is 0.0332. The van der Waals surface area contributed by atoms with Gasteiger partial charge in [-0.05, 0) is 44.4 Å². The van der Waals surface area contributed by atoms with Gasteiger partial charge in [0, 0.05) is 74.2 Å². The van der Waals surface area contributed by atoms with Crippen LogP contribution < -0.4 is 67.1 Å². The Morgan fingerprint density at radius 3 is 1.99 bits per heavy atom. The molecular formula is C49H78N16O17S. The maximum absolute atomic E-state index is 14.0. The number of aliphatic hydroxyl groups is 6. The van der Waals surface area contributed by atoms with Gasteiger partial charge in [-0.1, -0.05) is 17.3 Å². The zero-order chi connectivity index (χ0) is 60.4. The van der Waals surface area contributed by atoms with Crippen molar-refractivity contribution < 1.29 is 83.0 Å². The molecule has 5 amide bonds. The predicted molar refractivity (Wildman–Crippen MR) is 291 cm³/mol. The van der Waals surface area contributed by atoms with E-state index in [1.54, 1.807) is 29.6 Å². The van der Waals surface area contributed by atoms with Gasteiger partial charge in [0.25, 0.3) is 0 Å². The molecule has 34 heteroatoms. The first-order valence-corrected chi connectivity index (χ1v) is 27.9. The summed E-state index contributed by atoms with van der Waals surface area (Å²) in [5.41, 5.74) is 49.9. The number of anilines is 2. The Kier molecular flexibility index (Phi) is 23.2. The molecule has 1 aromatic carbocycles. The molecule has 462 valence electrons. The van der Waals surface area contributed by atoms with E-state index in [1.807, 2.05) is 0 Å². The lowest BCUT2D eigenvalue weighted by Gasteiger charge is -2.47. The van der Waals surface area contributed by atoms with Gasteiger partial charge in [-0.3, -0.25) is 24.0 Å². The highest BCUT2D eigenvalue weighted by atomic mass is 32.1. The fraction of sp³-hybridized carbons (Fsp3) is 0.673. The third-order valence-electron chi connectivity index (χ3n) is 14.6. The van der Waals surface area contributed by atoms with Crippen LogP contribution in [0.1, 0.15) is 51.1 Å². The lowest BCUT2D eigenvalue weighted by Crippen LogP contribution is -2.68. The van der Waals surface area contributed by atoms with E-state index in [0.717, 1.165) is 0 Å². The fourth-order valence-electron chi connectivity index (χ4n) is 10.0. The summed E-state index contributed by atoms with van der Waals surface area (Å²) in [6.45, 7) is 0.850. The van der Waals surface area contributed by atoms with E-state index in [1.165, 1.54) is 29.1 Å².